The number of ether oxygens (including phenoxy) is 1. The number of hydrogen-bond donors (Lipinski definition) is 0. The molecule has 1 nitrogen and oxygen atoms in total. The lowest BCUT2D eigenvalue weighted by Gasteiger charge is -1.85. The lowest BCUT2D eigenvalue weighted by atomic mass is 10.4. The van der Waals surface area contributed by atoms with Crippen molar-refractivity contribution in [3.8, 4) is 0 Å². The van der Waals surface area contributed by atoms with Gasteiger partial charge in [0.05, 0.1) is 0 Å². The van der Waals surface area contributed by atoms with Crippen LogP contribution in [0.1, 0.15) is 6.42 Å². The predicted molar refractivity (Wildman–Crippen MR) is 19.7 cm³/mol. The minimum absolute atomic E-state index is 0.875. The molecule has 0 spiro atoms. The summed E-state index contributed by atoms with van der Waals surface area (Å²) < 4.78 is 4.89. The van der Waals surface area contributed by atoms with E-state index in [1.807, 2.05) is 0 Å². The van der Waals surface area contributed by atoms with Crippen LogP contribution >= 0.6 is 0 Å². The lowest BCUT2D eigenvalue weighted by Crippen LogP contribution is -1.75. The highest BCUT2D eigenvalue weighted by atomic mass is 16.5. The Morgan fingerprint density at radius 3 is 2.80 bits per heavy atom. The zero-order valence-electron chi connectivity index (χ0n) is 3.11. The molecule has 0 amide bonds. The average Bonchev–Trinajstić information content (AvgIpc) is 1.76. The Morgan fingerprint density at radius 2 is 2.60 bits per heavy atom. The maximum atomic E-state index is 4.89. The molecule has 1 heteroatoms. The van der Waals surface area contributed by atoms with Crippen LogP contribution < -0.4 is 0 Å². The van der Waals surface area contributed by atoms with Crippen LogP contribution in [-0.2, 0) is 4.74 Å². The van der Waals surface area contributed by atoms with Gasteiger partial charge in [-0.25, -0.2) is 0 Å². The molecule has 0 aromatic heterocycles. The number of rotatable bonds is 0. The normalized spacial score (nSPS) is 24.0. The summed E-state index contributed by atoms with van der Waals surface area (Å²) in [4.78, 5) is 0. The fourth-order valence-corrected chi connectivity index (χ4v) is 0.417. The van der Waals surface area contributed by atoms with E-state index in [-0.39, 0.29) is 0 Å². The molecule has 1 rings (SSSR count). The van der Waals surface area contributed by atoms with Crippen molar-refractivity contribution in [1.82, 2.24) is 0 Å². The SMILES string of the molecule is [CH-]1CCOC1. The summed E-state index contributed by atoms with van der Waals surface area (Å²) in [5.74, 6) is 0. The quantitative estimate of drug-likeness (QED) is 0.380. The van der Waals surface area contributed by atoms with E-state index < -0.39 is 0 Å². The third-order valence-corrected chi connectivity index (χ3v) is 0.702. The summed E-state index contributed by atoms with van der Waals surface area (Å²) in [6.45, 7) is 1.82. The van der Waals surface area contributed by atoms with Gasteiger partial charge < -0.3 is 11.2 Å². The third-order valence-electron chi connectivity index (χ3n) is 0.702. The Hall–Kier alpha value is -0.0400. The van der Waals surface area contributed by atoms with Crippen molar-refractivity contribution in [3.05, 3.63) is 6.42 Å². The zero-order chi connectivity index (χ0) is 3.54. The van der Waals surface area contributed by atoms with Gasteiger partial charge in [0.1, 0.15) is 0 Å². The zero-order valence-corrected chi connectivity index (χ0v) is 3.11. The van der Waals surface area contributed by atoms with Gasteiger partial charge in [0.2, 0.25) is 0 Å². The molecule has 0 aromatic carbocycles. The fourth-order valence-electron chi connectivity index (χ4n) is 0.417. The molecule has 30 valence electrons. The van der Waals surface area contributed by atoms with Gasteiger partial charge in [-0.15, -0.1) is 0 Å². The Balaban J connectivity index is 2.08. The van der Waals surface area contributed by atoms with Crippen LogP contribution in [0.3, 0.4) is 0 Å². The highest BCUT2D eigenvalue weighted by Gasteiger charge is 1.82. The van der Waals surface area contributed by atoms with E-state index in [4.69, 9.17) is 4.74 Å². The minimum atomic E-state index is 0.875. The van der Waals surface area contributed by atoms with E-state index in [1.54, 1.807) is 0 Å². The molecule has 0 aromatic rings. The van der Waals surface area contributed by atoms with Crippen LogP contribution in [-0.4, -0.2) is 13.2 Å². The van der Waals surface area contributed by atoms with Crippen molar-refractivity contribution in [2.45, 2.75) is 6.42 Å². The molecule has 0 saturated carbocycles. The summed E-state index contributed by atoms with van der Waals surface area (Å²) in [6, 6.07) is 0. The first-order valence-electron chi connectivity index (χ1n) is 1.89. The molecule has 0 bridgehead atoms. The molecule has 1 aliphatic rings. The first-order chi connectivity index (χ1) is 2.50. The van der Waals surface area contributed by atoms with E-state index in [9.17, 15) is 0 Å². The highest BCUT2D eigenvalue weighted by molar-refractivity contribution is 4.67. The van der Waals surface area contributed by atoms with Gasteiger partial charge >= 0.3 is 0 Å². The van der Waals surface area contributed by atoms with E-state index in [0.29, 0.717) is 0 Å². The molecule has 0 atom stereocenters. The molecule has 1 saturated heterocycles. The molecule has 5 heavy (non-hydrogen) atoms. The van der Waals surface area contributed by atoms with Gasteiger partial charge in [-0.2, -0.15) is 6.42 Å². The smallest absolute Gasteiger partial charge is 0.0161 e. The van der Waals surface area contributed by atoms with E-state index in [1.165, 1.54) is 0 Å². The third kappa shape index (κ3) is 0.618. The Morgan fingerprint density at radius 1 is 1.60 bits per heavy atom. The first-order valence-corrected chi connectivity index (χ1v) is 1.89. The maximum absolute atomic E-state index is 4.89. The summed E-state index contributed by atoms with van der Waals surface area (Å²) >= 11 is 0. The first kappa shape index (κ1) is 3.16. The monoisotopic (exact) mass is 71.1 g/mol. The van der Waals surface area contributed by atoms with Crippen molar-refractivity contribution < 1.29 is 4.74 Å². The van der Waals surface area contributed by atoms with Crippen molar-refractivity contribution >= 4 is 0 Å². The molecule has 0 aliphatic carbocycles. The fraction of sp³-hybridized carbons (Fsp3) is 0.750. The molecular weight excluding hydrogens is 64.0 g/mol. The van der Waals surface area contributed by atoms with Gasteiger partial charge in [0.25, 0.3) is 0 Å². The highest BCUT2D eigenvalue weighted by Crippen LogP contribution is 1.96. The Labute approximate surface area is 31.9 Å². The second-order valence-electron chi connectivity index (χ2n) is 1.15. The van der Waals surface area contributed by atoms with Crippen LogP contribution in [0.2, 0.25) is 0 Å². The van der Waals surface area contributed by atoms with Crippen LogP contribution in [0.5, 0.6) is 0 Å². The summed E-state index contributed by atoms with van der Waals surface area (Å²) in [7, 11) is 0. The van der Waals surface area contributed by atoms with Crippen molar-refractivity contribution in [1.29, 1.82) is 0 Å². The summed E-state index contributed by atoms with van der Waals surface area (Å²) in [5, 5.41) is 0. The van der Waals surface area contributed by atoms with Crippen LogP contribution in [0.4, 0.5) is 0 Å². The van der Waals surface area contributed by atoms with Crippen molar-refractivity contribution in [2.75, 3.05) is 13.2 Å². The van der Waals surface area contributed by atoms with E-state index >= 15 is 0 Å². The molecule has 0 radical (unpaired) electrons. The standard InChI is InChI=1S/C4H7O/c1-2-4-5-3-1/h1H,2-4H2/q-1. The van der Waals surface area contributed by atoms with Crippen LogP contribution in [0, 0.1) is 6.42 Å². The Kier molecular flexibility index (Phi) is 0.892. The largest absolute Gasteiger partial charge is 0.416 e. The number of hydrogen-bond acceptors (Lipinski definition) is 1. The van der Waals surface area contributed by atoms with Crippen molar-refractivity contribution in [3.63, 3.8) is 0 Å². The summed E-state index contributed by atoms with van der Waals surface area (Å²) in [5.41, 5.74) is 0. The molecule has 1 aliphatic heterocycles. The molecule has 1 heterocycles. The molecule has 0 N–H and O–H groups in total. The van der Waals surface area contributed by atoms with E-state index in [2.05, 4.69) is 6.42 Å². The van der Waals surface area contributed by atoms with Crippen LogP contribution in [0.15, 0.2) is 0 Å². The van der Waals surface area contributed by atoms with E-state index in [0.717, 1.165) is 19.6 Å². The molecule has 1 fully saturated rings. The summed E-state index contributed by atoms with van der Waals surface area (Å²) in [6.07, 6.45) is 3.29. The minimum Gasteiger partial charge on any atom is -0.416 e. The van der Waals surface area contributed by atoms with Gasteiger partial charge in [-0.1, -0.05) is 6.61 Å². The molecule has 0 unspecified atom stereocenters. The topological polar surface area (TPSA) is 9.23 Å². The van der Waals surface area contributed by atoms with Crippen LogP contribution in [0.25, 0.3) is 0 Å². The lowest BCUT2D eigenvalue weighted by molar-refractivity contribution is 0.204. The van der Waals surface area contributed by atoms with Gasteiger partial charge in [0.15, 0.2) is 0 Å². The van der Waals surface area contributed by atoms with Gasteiger partial charge in [0, 0.05) is 6.61 Å². The Bertz CT molecular complexity index is 15.2. The second-order valence-corrected chi connectivity index (χ2v) is 1.15. The average molecular weight is 71.1 g/mol. The van der Waals surface area contributed by atoms with Gasteiger partial charge in [-0.3, -0.25) is 0 Å². The maximum Gasteiger partial charge on any atom is 0.0161 e. The second kappa shape index (κ2) is 1.41. The molecular formula is C4H7O-. The predicted octanol–water partition coefficient (Wildman–Crippen LogP) is 0.611. The van der Waals surface area contributed by atoms with Gasteiger partial charge in [-0.05, 0) is 0 Å². The van der Waals surface area contributed by atoms with Crippen molar-refractivity contribution in [2.24, 2.45) is 0 Å².